The molecule has 0 fully saturated rings. The van der Waals surface area contributed by atoms with E-state index in [0.717, 1.165) is 17.7 Å². The molecule has 4 heteroatoms. The summed E-state index contributed by atoms with van der Waals surface area (Å²) in [4.78, 5) is 15.1. The molecule has 2 aromatic rings. The number of imidazole rings is 1. The molecule has 0 spiro atoms. The summed E-state index contributed by atoms with van der Waals surface area (Å²) in [7, 11) is 1.90. The topological polar surface area (TPSA) is 44.1 Å². The first-order chi connectivity index (χ1) is 8.20. The van der Waals surface area contributed by atoms with Crippen molar-refractivity contribution in [2.24, 2.45) is 7.05 Å². The van der Waals surface area contributed by atoms with E-state index in [-0.39, 0.29) is 0 Å². The third-order valence-electron chi connectivity index (χ3n) is 2.57. The van der Waals surface area contributed by atoms with Gasteiger partial charge in [-0.1, -0.05) is 11.6 Å². The number of ether oxygens (including phenoxy) is 1. The zero-order valence-electron chi connectivity index (χ0n) is 9.88. The van der Waals surface area contributed by atoms with Crippen LogP contribution < -0.4 is 4.74 Å². The van der Waals surface area contributed by atoms with Gasteiger partial charge in [-0.2, -0.15) is 0 Å². The number of aryl methyl sites for hydroxylation is 2. The van der Waals surface area contributed by atoms with Crippen LogP contribution in [0.4, 0.5) is 0 Å². The molecule has 2 rings (SSSR count). The second-order valence-corrected chi connectivity index (χ2v) is 3.90. The van der Waals surface area contributed by atoms with Crippen LogP contribution in [-0.2, 0) is 13.7 Å². The fourth-order valence-electron chi connectivity index (χ4n) is 1.57. The van der Waals surface area contributed by atoms with Gasteiger partial charge in [0.2, 0.25) is 0 Å². The fraction of sp³-hybridized carbons (Fsp3) is 0.231. The maximum atomic E-state index is 10.9. The van der Waals surface area contributed by atoms with E-state index in [4.69, 9.17) is 4.74 Å². The number of hydrogen-bond acceptors (Lipinski definition) is 3. The molecule has 1 aromatic carbocycles. The van der Waals surface area contributed by atoms with Crippen LogP contribution in [-0.4, -0.2) is 15.8 Å². The maximum absolute atomic E-state index is 10.9. The summed E-state index contributed by atoms with van der Waals surface area (Å²) in [5, 5.41) is 0. The standard InChI is InChI=1S/C13H14N2O2/c1-10-3-4-12(11(7-10)8-16)17-9-13-14-5-6-15(13)2/h3-8H,9H2,1-2H3. The second kappa shape index (κ2) is 4.82. The molecule has 0 unspecified atom stereocenters. The molecule has 0 bridgehead atoms. The normalized spacial score (nSPS) is 10.2. The highest BCUT2D eigenvalue weighted by atomic mass is 16.5. The van der Waals surface area contributed by atoms with Crippen molar-refractivity contribution in [3.8, 4) is 5.75 Å². The lowest BCUT2D eigenvalue weighted by atomic mass is 10.1. The molecule has 1 aromatic heterocycles. The van der Waals surface area contributed by atoms with E-state index in [1.807, 2.05) is 36.9 Å². The Morgan fingerprint density at radius 1 is 1.47 bits per heavy atom. The van der Waals surface area contributed by atoms with E-state index in [0.29, 0.717) is 17.9 Å². The number of carbonyl (C=O) groups excluding carboxylic acids is 1. The zero-order chi connectivity index (χ0) is 12.3. The van der Waals surface area contributed by atoms with Crippen LogP contribution in [0.1, 0.15) is 21.7 Å². The Balaban J connectivity index is 2.14. The smallest absolute Gasteiger partial charge is 0.153 e. The summed E-state index contributed by atoms with van der Waals surface area (Å²) >= 11 is 0. The van der Waals surface area contributed by atoms with Crippen molar-refractivity contribution in [3.63, 3.8) is 0 Å². The number of aromatic nitrogens is 2. The number of benzene rings is 1. The Bertz CT molecular complexity index is 532. The summed E-state index contributed by atoms with van der Waals surface area (Å²) in [5.74, 6) is 1.41. The lowest BCUT2D eigenvalue weighted by molar-refractivity contribution is 0.111. The van der Waals surface area contributed by atoms with Gasteiger partial charge in [0.05, 0.1) is 5.56 Å². The van der Waals surface area contributed by atoms with Crippen molar-refractivity contribution >= 4 is 6.29 Å². The molecular weight excluding hydrogens is 216 g/mol. The van der Waals surface area contributed by atoms with Gasteiger partial charge in [0.25, 0.3) is 0 Å². The molecule has 0 atom stereocenters. The molecule has 1 heterocycles. The Kier molecular flexibility index (Phi) is 3.23. The first-order valence-electron chi connectivity index (χ1n) is 5.35. The molecule has 0 saturated carbocycles. The van der Waals surface area contributed by atoms with Gasteiger partial charge in [-0.3, -0.25) is 4.79 Å². The lowest BCUT2D eigenvalue weighted by Crippen LogP contribution is -2.04. The van der Waals surface area contributed by atoms with Gasteiger partial charge >= 0.3 is 0 Å². The van der Waals surface area contributed by atoms with Crippen molar-refractivity contribution in [2.45, 2.75) is 13.5 Å². The van der Waals surface area contributed by atoms with Crippen LogP contribution in [0.5, 0.6) is 5.75 Å². The van der Waals surface area contributed by atoms with E-state index >= 15 is 0 Å². The van der Waals surface area contributed by atoms with Crippen LogP contribution >= 0.6 is 0 Å². The Hall–Kier alpha value is -2.10. The van der Waals surface area contributed by atoms with Crippen molar-refractivity contribution in [1.82, 2.24) is 9.55 Å². The predicted molar refractivity (Wildman–Crippen MR) is 64.1 cm³/mol. The monoisotopic (exact) mass is 230 g/mol. The fourth-order valence-corrected chi connectivity index (χ4v) is 1.57. The van der Waals surface area contributed by atoms with Gasteiger partial charge in [-0.05, 0) is 19.1 Å². The van der Waals surface area contributed by atoms with Crippen molar-refractivity contribution < 1.29 is 9.53 Å². The zero-order valence-corrected chi connectivity index (χ0v) is 9.88. The largest absolute Gasteiger partial charge is 0.485 e. The number of aldehydes is 1. The predicted octanol–water partition coefficient (Wildman–Crippen LogP) is 2.12. The van der Waals surface area contributed by atoms with Crippen LogP contribution in [0.15, 0.2) is 30.6 Å². The summed E-state index contributed by atoms with van der Waals surface area (Å²) in [6, 6.07) is 5.53. The highest BCUT2D eigenvalue weighted by molar-refractivity contribution is 5.79. The van der Waals surface area contributed by atoms with Crippen LogP contribution in [0.25, 0.3) is 0 Å². The summed E-state index contributed by atoms with van der Waals surface area (Å²) in [5.41, 5.74) is 1.61. The number of rotatable bonds is 4. The molecule has 0 aliphatic heterocycles. The lowest BCUT2D eigenvalue weighted by Gasteiger charge is -2.08. The van der Waals surface area contributed by atoms with Gasteiger partial charge in [-0.15, -0.1) is 0 Å². The average molecular weight is 230 g/mol. The second-order valence-electron chi connectivity index (χ2n) is 3.90. The summed E-state index contributed by atoms with van der Waals surface area (Å²) < 4.78 is 7.48. The molecule has 17 heavy (non-hydrogen) atoms. The Morgan fingerprint density at radius 2 is 2.29 bits per heavy atom. The molecule has 0 N–H and O–H groups in total. The number of carbonyl (C=O) groups is 1. The van der Waals surface area contributed by atoms with Crippen molar-refractivity contribution in [1.29, 1.82) is 0 Å². The first-order valence-corrected chi connectivity index (χ1v) is 5.35. The van der Waals surface area contributed by atoms with Crippen molar-refractivity contribution in [3.05, 3.63) is 47.5 Å². The Morgan fingerprint density at radius 3 is 2.94 bits per heavy atom. The minimum Gasteiger partial charge on any atom is -0.485 e. The van der Waals surface area contributed by atoms with Crippen LogP contribution in [0.2, 0.25) is 0 Å². The molecule has 0 amide bonds. The number of nitrogens with zero attached hydrogens (tertiary/aromatic N) is 2. The molecule has 88 valence electrons. The minimum absolute atomic E-state index is 0.355. The van der Waals surface area contributed by atoms with Gasteiger partial charge < -0.3 is 9.30 Å². The number of hydrogen-bond donors (Lipinski definition) is 0. The first kappa shape index (κ1) is 11.4. The summed E-state index contributed by atoms with van der Waals surface area (Å²) in [6.07, 6.45) is 4.38. The summed E-state index contributed by atoms with van der Waals surface area (Å²) in [6.45, 7) is 2.29. The molecule has 0 radical (unpaired) electrons. The highest BCUT2D eigenvalue weighted by Gasteiger charge is 2.05. The van der Waals surface area contributed by atoms with Crippen molar-refractivity contribution in [2.75, 3.05) is 0 Å². The molecule has 0 aliphatic rings. The maximum Gasteiger partial charge on any atom is 0.153 e. The van der Waals surface area contributed by atoms with Gasteiger partial charge in [0.1, 0.15) is 18.2 Å². The molecule has 0 saturated heterocycles. The van der Waals surface area contributed by atoms with E-state index < -0.39 is 0 Å². The van der Waals surface area contributed by atoms with E-state index in [2.05, 4.69) is 4.98 Å². The average Bonchev–Trinajstić information content (AvgIpc) is 2.73. The third-order valence-corrected chi connectivity index (χ3v) is 2.57. The Labute approximate surface area is 99.9 Å². The molecule has 0 aliphatic carbocycles. The third kappa shape index (κ3) is 2.53. The van der Waals surface area contributed by atoms with Gasteiger partial charge in [0, 0.05) is 19.4 Å². The molecule has 4 nitrogen and oxygen atoms in total. The molecular formula is C13H14N2O2. The van der Waals surface area contributed by atoms with E-state index in [1.54, 1.807) is 12.3 Å². The minimum atomic E-state index is 0.355. The highest BCUT2D eigenvalue weighted by Crippen LogP contribution is 2.19. The van der Waals surface area contributed by atoms with Gasteiger partial charge in [-0.25, -0.2) is 4.98 Å². The quantitative estimate of drug-likeness (QED) is 0.756. The SMILES string of the molecule is Cc1ccc(OCc2nccn2C)c(C=O)c1. The van der Waals surface area contributed by atoms with Crippen LogP contribution in [0.3, 0.4) is 0 Å². The van der Waals surface area contributed by atoms with E-state index in [9.17, 15) is 4.79 Å². The van der Waals surface area contributed by atoms with Gasteiger partial charge in [0.15, 0.2) is 6.29 Å². The van der Waals surface area contributed by atoms with Crippen LogP contribution in [0, 0.1) is 6.92 Å². The van der Waals surface area contributed by atoms with E-state index in [1.165, 1.54) is 0 Å².